The van der Waals surface area contributed by atoms with Crippen LogP contribution in [0.1, 0.15) is 25.3 Å². The van der Waals surface area contributed by atoms with Gasteiger partial charge in [0.15, 0.2) is 0 Å². The van der Waals surface area contributed by atoms with Gasteiger partial charge in [0.2, 0.25) is 0 Å². The van der Waals surface area contributed by atoms with Crippen molar-refractivity contribution in [2.24, 2.45) is 0 Å². The number of hydrogen-bond acceptors (Lipinski definition) is 4. The lowest BCUT2D eigenvalue weighted by molar-refractivity contribution is -0.145. The van der Waals surface area contributed by atoms with Crippen molar-refractivity contribution in [3.63, 3.8) is 0 Å². The molecular weight excluding hydrogens is 282 g/mol. The SMILES string of the molecule is CCC=C1CC(C(=O)OC)N(C(=O)OCc2ccccc2)C1. The second kappa shape index (κ2) is 7.64. The second-order valence-corrected chi connectivity index (χ2v) is 5.18. The van der Waals surface area contributed by atoms with Crippen molar-refractivity contribution in [2.45, 2.75) is 32.4 Å². The van der Waals surface area contributed by atoms with Crippen molar-refractivity contribution in [3.8, 4) is 0 Å². The number of benzene rings is 1. The number of nitrogens with zero attached hydrogens (tertiary/aromatic N) is 1. The number of amides is 1. The fourth-order valence-corrected chi connectivity index (χ4v) is 2.53. The van der Waals surface area contributed by atoms with Crippen molar-refractivity contribution in [1.29, 1.82) is 0 Å². The summed E-state index contributed by atoms with van der Waals surface area (Å²) in [5.74, 6) is -0.406. The number of rotatable bonds is 4. The monoisotopic (exact) mass is 303 g/mol. The maximum atomic E-state index is 12.3. The molecule has 1 aliphatic heterocycles. The van der Waals surface area contributed by atoms with Gasteiger partial charge >= 0.3 is 12.1 Å². The molecule has 5 heteroatoms. The molecule has 2 rings (SSSR count). The first-order valence-electron chi connectivity index (χ1n) is 7.38. The summed E-state index contributed by atoms with van der Waals surface area (Å²) in [6.07, 6.45) is 2.94. The van der Waals surface area contributed by atoms with E-state index in [0.717, 1.165) is 17.6 Å². The Labute approximate surface area is 130 Å². The van der Waals surface area contributed by atoms with Gasteiger partial charge in [0.05, 0.1) is 7.11 Å². The molecule has 0 saturated carbocycles. The summed E-state index contributed by atoms with van der Waals surface area (Å²) < 4.78 is 10.1. The van der Waals surface area contributed by atoms with Gasteiger partial charge in [-0.15, -0.1) is 0 Å². The van der Waals surface area contributed by atoms with Crippen molar-refractivity contribution >= 4 is 12.1 Å². The van der Waals surface area contributed by atoms with E-state index in [9.17, 15) is 9.59 Å². The molecular formula is C17H21NO4. The Morgan fingerprint density at radius 2 is 2.05 bits per heavy atom. The lowest BCUT2D eigenvalue weighted by atomic mass is 10.1. The quantitative estimate of drug-likeness (QED) is 0.634. The van der Waals surface area contributed by atoms with Crippen LogP contribution < -0.4 is 0 Å². The molecule has 1 aromatic carbocycles. The highest BCUT2D eigenvalue weighted by Crippen LogP contribution is 2.25. The Bertz CT molecular complexity index is 553. The average molecular weight is 303 g/mol. The Balaban J connectivity index is 2.02. The molecule has 22 heavy (non-hydrogen) atoms. The number of allylic oxidation sites excluding steroid dienone is 1. The van der Waals surface area contributed by atoms with E-state index < -0.39 is 18.1 Å². The lowest BCUT2D eigenvalue weighted by Crippen LogP contribution is -2.41. The van der Waals surface area contributed by atoms with Gasteiger partial charge < -0.3 is 9.47 Å². The van der Waals surface area contributed by atoms with Crippen LogP contribution in [0.3, 0.4) is 0 Å². The van der Waals surface area contributed by atoms with E-state index in [2.05, 4.69) is 0 Å². The maximum Gasteiger partial charge on any atom is 0.411 e. The first-order chi connectivity index (χ1) is 10.7. The van der Waals surface area contributed by atoms with Gasteiger partial charge in [-0.3, -0.25) is 4.90 Å². The van der Waals surface area contributed by atoms with E-state index >= 15 is 0 Å². The zero-order valence-electron chi connectivity index (χ0n) is 13.0. The first-order valence-corrected chi connectivity index (χ1v) is 7.38. The minimum absolute atomic E-state index is 0.191. The lowest BCUT2D eigenvalue weighted by Gasteiger charge is -2.21. The highest BCUT2D eigenvalue weighted by Gasteiger charge is 2.38. The molecule has 0 spiro atoms. The molecule has 118 valence electrons. The summed E-state index contributed by atoms with van der Waals surface area (Å²) in [5.41, 5.74) is 1.98. The Morgan fingerprint density at radius 3 is 2.68 bits per heavy atom. The number of likely N-dealkylation sites (tertiary alicyclic amines) is 1. The number of hydrogen-bond donors (Lipinski definition) is 0. The van der Waals surface area contributed by atoms with E-state index in [-0.39, 0.29) is 6.61 Å². The molecule has 1 saturated heterocycles. The smallest absolute Gasteiger partial charge is 0.411 e. The molecule has 0 N–H and O–H groups in total. The number of methoxy groups -OCH3 is 1. The Morgan fingerprint density at radius 1 is 1.32 bits per heavy atom. The van der Waals surface area contributed by atoms with Crippen molar-refractivity contribution < 1.29 is 19.1 Å². The first kappa shape index (κ1) is 16.1. The van der Waals surface area contributed by atoms with Crippen molar-refractivity contribution in [2.75, 3.05) is 13.7 Å². The molecule has 1 fully saturated rings. The van der Waals surface area contributed by atoms with Crippen molar-refractivity contribution in [1.82, 2.24) is 4.90 Å². The predicted octanol–water partition coefficient (Wildman–Crippen LogP) is 2.91. The fraction of sp³-hybridized carbons (Fsp3) is 0.412. The second-order valence-electron chi connectivity index (χ2n) is 5.18. The van der Waals surface area contributed by atoms with Gasteiger partial charge in [0, 0.05) is 13.0 Å². The van der Waals surface area contributed by atoms with Crippen LogP contribution in [0.2, 0.25) is 0 Å². The van der Waals surface area contributed by atoms with Crippen LogP contribution in [-0.4, -0.2) is 36.7 Å². The third kappa shape index (κ3) is 3.87. The van der Waals surface area contributed by atoms with Gasteiger partial charge in [-0.05, 0) is 12.0 Å². The minimum atomic E-state index is -0.592. The number of ether oxygens (including phenoxy) is 2. The summed E-state index contributed by atoms with van der Waals surface area (Å²) in [4.78, 5) is 25.6. The predicted molar refractivity (Wildman–Crippen MR) is 82.1 cm³/mol. The van der Waals surface area contributed by atoms with Crippen LogP contribution >= 0.6 is 0 Å². The van der Waals surface area contributed by atoms with Gasteiger partial charge in [-0.2, -0.15) is 0 Å². The molecule has 1 unspecified atom stereocenters. The van der Waals surface area contributed by atoms with E-state index in [1.54, 1.807) is 0 Å². The van der Waals surface area contributed by atoms with Crippen LogP contribution in [0.15, 0.2) is 42.0 Å². The molecule has 1 heterocycles. The summed E-state index contributed by atoms with van der Waals surface area (Å²) >= 11 is 0. The van der Waals surface area contributed by atoms with Gasteiger partial charge in [-0.1, -0.05) is 48.9 Å². The summed E-state index contributed by atoms with van der Waals surface area (Å²) in [7, 11) is 1.33. The minimum Gasteiger partial charge on any atom is -0.467 e. The van der Waals surface area contributed by atoms with E-state index in [4.69, 9.17) is 9.47 Å². The van der Waals surface area contributed by atoms with Crippen LogP contribution in [-0.2, 0) is 20.9 Å². The fourth-order valence-electron chi connectivity index (χ4n) is 2.53. The van der Waals surface area contributed by atoms with E-state index in [0.29, 0.717) is 13.0 Å². The highest BCUT2D eigenvalue weighted by molar-refractivity contribution is 5.83. The summed E-state index contributed by atoms with van der Waals surface area (Å²) in [6.45, 7) is 2.63. The van der Waals surface area contributed by atoms with Crippen LogP contribution in [0.4, 0.5) is 4.79 Å². The summed E-state index contributed by atoms with van der Waals surface area (Å²) in [6, 6.07) is 8.86. The number of carbonyl (C=O) groups is 2. The molecule has 1 aromatic rings. The topological polar surface area (TPSA) is 55.8 Å². The van der Waals surface area contributed by atoms with Gasteiger partial charge in [-0.25, -0.2) is 9.59 Å². The van der Waals surface area contributed by atoms with Crippen molar-refractivity contribution in [3.05, 3.63) is 47.5 Å². The number of carbonyl (C=O) groups excluding carboxylic acids is 2. The molecule has 5 nitrogen and oxygen atoms in total. The zero-order valence-corrected chi connectivity index (χ0v) is 13.0. The van der Waals surface area contributed by atoms with Crippen LogP contribution in [0.25, 0.3) is 0 Å². The van der Waals surface area contributed by atoms with Crippen LogP contribution in [0, 0.1) is 0 Å². The summed E-state index contributed by atoms with van der Waals surface area (Å²) in [5, 5.41) is 0. The van der Waals surface area contributed by atoms with Crippen LogP contribution in [0.5, 0.6) is 0 Å². The van der Waals surface area contributed by atoms with Gasteiger partial charge in [0.25, 0.3) is 0 Å². The largest absolute Gasteiger partial charge is 0.467 e. The molecule has 0 bridgehead atoms. The average Bonchev–Trinajstić information content (AvgIpc) is 2.97. The Hall–Kier alpha value is -2.30. The molecule has 1 aliphatic rings. The Kier molecular flexibility index (Phi) is 5.58. The third-order valence-electron chi connectivity index (χ3n) is 3.61. The standard InChI is InChI=1S/C17H21NO4/c1-3-7-14-10-15(16(19)21-2)18(11-14)17(20)22-12-13-8-5-4-6-9-13/h4-9,15H,3,10-12H2,1-2H3. The van der Waals surface area contributed by atoms with Gasteiger partial charge in [0.1, 0.15) is 12.6 Å². The molecule has 1 atom stereocenters. The third-order valence-corrected chi connectivity index (χ3v) is 3.61. The highest BCUT2D eigenvalue weighted by atomic mass is 16.6. The number of esters is 1. The molecule has 1 amide bonds. The normalized spacial score (nSPS) is 19.3. The molecule has 0 radical (unpaired) electrons. The maximum absolute atomic E-state index is 12.3. The molecule has 0 aromatic heterocycles. The van der Waals surface area contributed by atoms with E-state index in [1.807, 2.05) is 43.3 Å². The molecule has 0 aliphatic carbocycles. The van der Waals surface area contributed by atoms with E-state index in [1.165, 1.54) is 12.0 Å². The zero-order chi connectivity index (χ0) is 15.9.